The highest BCUT2D eigenvalue weighted by atomic mass is 16.5. The molecule has 1 unspecified atom stereocenters. The summed E-state index contributed by atoms with van der Waals surface area (Å²) in [5, 5.41) is 23.9. The molecule has 0 spiro atoms. The summed E-state index contributed by atoms with van der Waals surface area (Å²) in [6.45, 7) is 5.15. The van der Waals surface area contributed by atoms with E-state index in [0.717, 1.165) is 29.7 Å². The first-order valence-electron chi connectivity index (χ1n) is 8.42. The van der Waals surface area contributed by atoms with E-state index in [9.17, 15) is 10.2 Å². The predicted octanol–water partition coefficient (Wildman–Crippen LogP) is 3.32. The van der Waals surface area contributed by atoms with Crippen molar-refractivity contribution in [3.05, 3.63) is 59.2 Å². The van der Waals surface area contributed by atoms with Crippen LogP contribution in [0.1, 0.15) is 43.1 Å². The maximum Gasteiger partial charge on any atom is 0.127 e. The Bertz CT molecular complexity index is 698. The number of aryl methyl sites for hydroxylation is 1. The van der Waals surface area contributed by atoms with Gasteiger partial charge in [0, 0.05) is 24.7 Å². The first-order chi connectivity index (χ1) is 11.4. The fourth-order valence-electron chi connectivity index (χ4n) is 3.03. The number of aliphatic hydroxyl groups excluding tert-OH is 1. The minimum atomic E-state index is -0.756. The van der Waals surface area contributed by atoms with Crippen molar-refractivity contribution in [1.82, 2.24) is 5.32 Å². The molecule has 0 aromatic heterocycles. The number of phenolic OH excluding ortho intramolecular Hbond substituents is 1. The molecule has 2 aromatic carbocycles. The summed E-state index contributed by atoms with van der Waals surface area (Å²) in [6.07, 6.45) is 1.06. The van der Waals surface area contributed by atoms with E-state index in [0.29, 0.717) is 18.7 Å². The zero-order valence-corrected chi connectivity index (χ0v) is 14.2. The second-order valence-corrected chi connectivity index (χ2v) is 7.01. The average molecular weight is 327 g/mol. The lowest BCUT2D eigenvalue weighted by Crippen LogP contribution is -2.32. The van der Waals surface area contributed by atoms with E-state index in [1.807, 2.05) is 50.2 Å². The molecule has 1 heterocycles. The van der Waals surface area contributed by atoms with E-state index in [1.165, 1.54) is 0 Å². The van der Waals surface area contributed by atoms with Gasteiger partial charge in [-0.3, -0.25) is 0 Å². The van der Waals surface area contributed by atoms with Crippen molar-refractivity contribution in [2.24, 2.45) is 0 Å². The highest BCUT2D eigenvalue weighted by Gasteiger charge is 2.28. The third-order valence-corrected chi connectivity index (χ3v) is 4.46. The lowest BCUT2D eigenvalue weighted by Gasteiger charge is -2.33. The monoisotopic (exact) mass is 327 g/mol. The Morgan fingerprint density at radius 3 is 2.71 bits per heavy atom. The van der Waals surface area contributed by atoms with E-state index in [1.54, 1.807) is 6.07 Å². The molecule has 24 heavy (non-hydrogen) atoms. The lowest BCUT2D eigenvalue weighted by atomic mass is 9.92. The van der Waals surface area contributed by atoms with Gasteiger partial charge >= 0.3 is 0 Å². The second kappa shape index (κ2) is 6.83. The number of nitrogens with one attached hydrogen (secondary N) is 1. The first-order valence-corrected chi connectivity index (χ1v) is 8.42. The number of fused-ring (bicyclic) bond motifs is 1. The fourth-order valence-corrected chi connectivity index (χ4v) is 3.03. The molecule has 3 N–H and O–H groups in total. The van der Waals surface area contributed by atoms with E-state index in [4.69, 9.17) is 4.74 Å². The van der Waals surface area contributed by atoms with E-state index >= 15 is 0 Å². The van der Waals surface area contributed by atoms with Crippen LogP contribution in [-0.4, -0.2) is 22.4 Å². The maximum atomic E-state index is 10.4. The number of ether oxygens (including phenoxy) is 1. The van der Waals surface area contributed by atoms with Gasteiger partial charge in [-0.1, -0.05) is 30.3 Å². The van der Waals surface area contributed by atoms with Gasteiger partial charge in [0.25, 0.3) is 0 Å². The van der Waals surface area contributed by atoms with Gasteiger partial charge in [0.15, 0.2) is 0 Å². The topological polar surface area (TPSA) is 61.7 Å². The smallest absolute Gasteiger partial charge is 0.127 e. The van der Waals surface area contributed by atoms with Crippen LogP contribution in [0.2, 0.25) is 0 Å². The predicted molar refractivity (Wildman–Crippen MR) is 94.2 cm³/mol. The standard InChI is InChI=1S/C20H25NO3/c1-20(2)9-8-15-10-16(17(22)11-19(15)24-20)18(23)13-21-12-14-6-4-3-5-7-14/h3-7,10-11,18,21-23H,8-9,12-13H2,1-2H3. The zero-order valence-electron chi connectivity index (χ0n) is 14.2. The Morgan fingerprint density at radius 1 is 1.21 bits per heavy atom. The number of hydrogen-bond acceptors (Lipinski definition) is 4. The number of phenols is 1. The molecule has 0 radical (unpaired) electrons. The summed E-state index contributed by atoms with van der Waals surface area (Å²) in [5.74, 6) is 0.803. The van der Waals surface area contributed by atoms with E-state index in [-0.39, 0.29) is 11.4 Å². The second-order valence-electron chi connectivity index (χ2n) is 7.01. The average Bonchev–Trinajstić information content (AvgIpc) is 2.54. The number of aromatic hydroxyl groups is 1. The Kier molecular flexibility index (Phi) is 4.78. The van der Waals surface area contributed by atoms with Crippen molar-refractivity contribution >= 4 is 0 Å². The molecule has 0 bridgehead atoms. The van der Waals surface area contributed by atoms with Crippen molar-refractivity contribution in [3.63, 3.8) is 0 Å². The quantitative estimate of drug-likeness (QED) is 0.788. The molecule has 1 aliphatic rings. The van der Waals surface area contributed by atoms with Gasteiger partial charge in [0.2, 0.25) is 0 Å². The molecule has 0 saturated carbocycles. The van der Waals surface area contributed by atoms with Crippen molar-refractivity contribution in [3.8, 4) is 11.5 Å². The minimum Gasteiger partial charge on any atom is -0.507 e. The van der Waals surface area contributed by atoms with Crippen LogP contribution in [0.4, 0.5) is 0 Å². The van der Waals surface area contributed by atoms with Crippen LogP contribution >= 0.6 is 0 Å². The Labute approximate surface area is 143 Å². The summed E-state index contributed by atoms with van der Waals surface area (Å²) in [7, 11) is 0. The summed E-state index contributed by atoms with van der Waals surface area (Å²) in [5.41, 5.74) is 2.55. The summed E-state index contributed by atoms with van der Waals surface area (Å²) >= 11 is 0. The van der Waals surface area contributed by atoms with Gasteiger partial charge in [0.1, 0.15) is 17.1 Å². The highest BCUT2D eigenvalue weighted by Crippen LogP contribution is 2.38. The fraction of sp³-hybridized carbons (Fsp3) is 0.400. The molecule has 1 aliphatic heterocycles. The Morgan fingerprint density at radius 2 is 1.96 bits per heavy atom. The molecule has 4 nitrogen and oxygen atoms in total. The number of hydrogen-bond donors (Lipinski definition) is 3. The van der Waals surface area contributed by atoms with Crippen LogP contribution in [0.5, 0.6) is 11.5 Å². The summed E-state index contributed by atoms with van der Waals surface area (Å²) in [4.78, 5) is 0. The largest absolute Gasteiger partial charge is 0.507 e. The minimum absolute atomic E-state index is 0.0838. The van der Waals surface area contributed by atoms with Gasteiger partial charge in [0.05, 0.1) is 6.10 Å². The summed E-state index contributed by atoms with van der Waals surface area (Å²) < 4.78 is 5.92. The summed E-state index contributed by atoms with van der Waals surface area (Å²) in [6, 6.07) is 13.5. The molecule has 4 heteroatoms. The van der Waals surface area contributed by atoms with Gasteiger partial charge in [-0.25, -0.2) is 0 Å². The van der Waals surface area contributed by atoms with Crippen molar-refractivity contribution in [1.29, 1.82) is 0 Å². The van der Waals surface area contributed by atoms with Crippen LogP contribution in [0, 0.1) is 0 Å². The molecular weight excluding hydrogens is 302 g/mol. The molecule has 1 atom stereocenters. The Hall–Kier alpha value is -2.04. The van der Waals surface area contributed by atoms with E-state index in [2.05, 4.69) is 5.32 Å². The molecule has 0 saturated heterocycles. The third-order valence-electron chi connectivity index (χ3n) is 4.46. The molecule has 0 aliphatic carbocycles. The lowest BCUT2D eigenvalue weighted by molar-refractivity contribution is 0.0839. The number of benzene rings is 2. The number of aliphatic hydroxyl groups is 1. The van der Waals surface area contributed by atoms with Crippen LogP contribution in [0.3, 0.4) is 0 Å². The van der Waals surface area contributed by atoms with Crippen LogP contribution in [-0.2, 0) is 13.0 Å². The zero-order chi connectivity index (χ0) is 17.2. The van der Waals surface area contributed by atoms with Gasteiger partial charge in [-0.2, -0.15) is 0 Å². The maximum absolute atomic E-state index is 10.4. The first kappa shape index (κ1) is 16.8. The molecule has 0 amide bonds. The van der Waals surface area contributed by atoms with Crippen LogP contribution < -0.4 is 10.1 Å². The van der Waals surface area contributed by atoms with Crippen molar-refractivity contribution in [2.75, 3.05) is 6.54 Å². The molecular formula is C20H25NO3. The van der Waals surface area contributed by atoms with Gasteiger partial charge < -0.3 is 20.3 Å². The molecule has 0 fully saturated rings. The highest BCUT2D eigenvalue weighted by molar-refractivity contribution is 5.48. The van der Waals surface area contributed by atoms with Crippen LogP contribution in [0.15, 0.2) is 42.5 Å². The normalized spacial score (nSPS) is 17.0. The number of rotatable bonds is 5. The molecule has 2 aromatic rings. The van der Waals surface area contributed by atoms with Gasteiger partial charge in [-0.15, -0.1) is 0 Å². The van der Waals surface area contributed by atoms with Crippen LogP contribution in [0.25, 0.3) is 0 Å². The van der Waals surface area contributed by atoms with Crippen molar-refractivity contribution in [2.45, 2.75) is 44.9 Å². The Balaban J connectivity index is 1.66. The SMILES string of the molecule is CC1(C)CCc2cc(C(O)CNCc3ccccc3)c(O)cc2O1. The van der Waals surface area contributed by atoms with Crippen molar-refractivity contribution < 1.29 is 14.9 Å². The van der Waals surface area contributed by atoms with Gasteiger partial charge in [-0.05, 0) is 43.9 Å². The molecule has 128 valence electrons. The molecule has 3 rings (SSSR count). The third kappa shape index (κ3) is 3.89. The van der Waals surface area contributed by atoms with E-state index < -0.39 is 6.10 Å².